The number of hydrogen-bond acceptors (Lipinski definition) is 7. The Balaban J connectivity index is 1.85. The van der Waals surface area contributed by atoms with Gasteiger partial charge in [0.05, 0.1) is 12.8 Å². The Hall–Kier alpha value is -3.63. The highest BCUT2D eigenvalue weighted by Gasteiger charge is 2.37. The lowest BCUT2D eigenvalue weighted by molar-refractivity contribution is -0.123. The molecule has 9 nitrogen and oxygen atoms in total. The van der Waals surface area contributed by atoms with E-state index in [9.17, 15) is 14.4 Å². The summed E-state index contributed by atoms with van der Waals surface area (Å²) in [6.07, 6.45) is 4.94. The lowest BCUT2D eigenvalue weighted by atomic mass is 9.94. The van der Waals surface area contributed by atoms with Gasteiger partial charge in [0.25, 0.3) is 11.8 Å². The van der Waals surface area contributed by atoms with Gasteiger partial charge in [0.1, 0.15) is 16.7 Å². The lowest BCUT2D eigenvalue weighted by Crippen LogP contribution is -2.47. The van der Waals surface area contributed by atoms with E-state index in [1.165, 1.54) is 12.0 Å². The highest BCUT2D eigenvalue weighted by molar-refractivity contribution is 7.09. The number of carbonyl (C=O) groups excluding carboxylic acids is 3. The summed E-state index contributed by atoms with van der Waals surface area (Å²) in [6, 6.07) is 12.5. The molecule has 1 aromatic heterocycles. The molecule has 11 heteroatoms. The Kier molecular flexibility index (Phi) is 8.30. The molecule has 0 aliphatic heterocycles. The standard InChI is InChI=1S/C26H28ClN5O4S/c1-36-19-9-5-8-18(14-19)32(26(35)23-20(28)21(24(29)33)31-37-23)22(15-10-12-16(27)13-11-15)25(34)30-17-6-3-2-4-7-17/h5,8-14,17,22H,2-4,6-7,28H2,1H3,(H2,29,33)(H,30,34)/t22-/m0/s1. The summed E-state index contributed by atoms with van der Waals surface area (Å²) in [5, 5.41) is 3.63. The summed E-state index contributed by atoms with van der Waals surface area (Å²) in [6.45, 7) is 0. The highest BCUT2D eigenvalue weighted by atomic mass is 35.5. The maximum Gasteiger partial charge on any atom is 0.273 e. The van der Waals surface area contributed by atoms with Gasteiger partial charge in [0.15, 0.2) is 5.69 Å². The van der Waals surface area contributed by atoms with Gasteiger partial charge in [-0.2, -0.15) is 4.37 Å². The predicted octanol–water partition coefficient (Wildman–Crippen LogP) is 4.32. The molecule has 5 N–H and O–H groups in total. The van der Waals surface area contributed by atoms with Crippen molar-refractivity contribution in [1.29, 1.82) is 0 Å². The molecule has 2 aromatic carbocycles. The topological polar surface area (TPSA) is 141 Å². The number of amides is 3. The second-order valence-electron chi connectivity index (χ2n) is 8.81. The van der Waals surface area contributed by atoms with E-state index in [0.717, 1.165) is 43.6 Å². The SMILES string of the molecule is COc1cccc(N(C(=O)c2snc(C(N)=O)c2N)[C@H](C(=O)NC2CCCCC2)c2ccc(Cl)cc2)c1. The molecule has 3 aromatic rings. The summed E-state index contributed by atoms with van der Waals surface area (Å²) in [5.41, 5.74) is 12.1. The van der Waals surface area contributed by atoms with Crippen LogP contribution in [0.25, 0.3) is 0 Å². The third-order valence-electron chi connectivity index (χ3n) is 6.35. The van der Waals surface area contributed by atoms with Crippen LogP contribution < -0.4 is 26.4 Å². The van der Waals surface area contributed by atoms with E-state index in [2.05, 4.69) is 9.69 Å². The van der Waals surface area contributed by atoms with E-state index >= 15 is 0 Å². The van der Waals surface area contributed by atoms with Crippen LogP contribution in [0.5, 0.6) is 5.75 Å². The van der Waals surface area contributed by atoms with Crippen molar-refractivity contribution in [2.24, 2.45) is 5.73 Å². The van der Waals surface area contributed by atoms with E-state index in [4.69, 9.17) is 27.8 Å². The van der Waals surface area contributed by atoms with E-state index in [0.29, 0.717) is 22.0 Å². The van der Waals surface area contributed by atoms with Gasteiger partial charge in [0.2, 0.25) is 5.91 Å². The largest absolute Gasteiger partial charge is 0.497 e. The maximum absolute atomic E-state index is 14.1. The monoisotopic (exact) mass is 541 g/mol. The highest BCUT2D eigenvalue weighted by Crippen LogP contribution is 2.35. The molecule has 3 amide bonds. The van der Waals surface area contributed by atoms with Crippen LogP contribution >= 0.6 is 23.1 Å². The molecule has 1 heterocycles. The molecule has 37 heavy (non-hydrogen) atoms. The Labute approximate surface area is 223 Å². The van der Waals surface area contributed by atoms with Gasteiger partial charge >= 0.3 is 0 Å². The molecule has 1 fully saturated rings. The number of nitrogens with one attached hydrogen (secondary N) is 1. The summed E-state index contributed by atoms with van der Waals surface area (Å²) in [7, 11) is 1.51. The Bertz CT molecular complexity index is 1290. The first-order chi connectivity index (χ1) is 17.8. The first-order valence-electron chi connectivity index (χ1n) is 11.9. The Morgan fingerprint density at radius 2 is 1.84 bits per heavy atom. The van der Waals surface area contributed by atoms with E-state index < -0.39 is 17.9 Å². The van der Waals surface area contributed by atoms with Gasteiger partial charge in [-0.1, -0.05) is 49.1 Å². The molecule has 0 saturated heterocycles. The average Bonchev–Trinajstić information content (AvgIpc) is 3.29. The van der Waals surface area contributed by atoms with Gasteiger partial charge < -0.3 is 21.5 Å². The van der Waals surface area contributed by atoms with Crippen LogP contribution in [0.2, 0.25) is 5.02 Å². The smallest absolute Gasteiger partial charge is 0.273 e. The zero-order valence-corrected chi connectivity index (χ0v) is 21.8. The molecular formula is C26H28ClN5O4S. The van der Waals surface area contributed by atoms with Crippen LogP contribution in [0.15, 0.2) is 48.5 Å². The molecule has 0 radical (unpaired) electrons. The fourth-order valence-electron chi connectivity index (χ4n) is 4.47. The number of primary amides is 1. The van der Waals surface area contributed by atoms with Crippen molar-refractivity contribution < 1.29 is 19.1 Å². The van der Waals surface area contributed by atoms with Gasteiger partial charge in [-0.3, -0.25) is 19.3 Å². The second kappa shape index (κ2) is 11.6. The summed E-state index contributed by atoms with van der Waals surface area (Å²) in [4.78, 5) is 41.1. The maximum atomic E-state index is 14.1. The number of nitrogens with two attached hydrogens (primary N) is 2. The van der Waals surface area contributed by atoms with Crippen LogP contribution in [0.1, 0.15) is 63.9 Å². The van der Waals surface area contributed by atoms with E-state index in [1.54, 1.807) is 48.5 Å². The van der Waals surface area contributed by atoms with Crippen LogP contribution in [-0.2, 0) is 4.79 Å². The number of aromatic nitrogens is 1. The van der Waals surface area contributed by atoms with Gasteiger partial charge in [-0.15, -0.1) is 0 Å². The number of hydrogen-bond donors (Lipinski definition) is 3. The molecule has 1 aliphatic carbocycles. The number of benzene rings is 2. The number of methoxy groups -OCH3 is 1. The number of rotatable bonds is 8. The van der Waals surface area contributed by atoms with Crippen molar-refractivity contribution in [2.45, 2.75) is 44.2 Å². The minimum atomic E-state index is -1.07. The molecule has 0 spiro atoms. The Morgan fingerprint density at radius 1 is 1.14 bits per heavy atom. The van der Waals surface area contributed by atoms with Crippen molar-refractivity contribution in [3.05, 3.63) is 69.7 Å². The van der Waals surface area contributed by atoms with Gasteiger partial charge in [-0.05, 0) is 54.2 Å². The predicted molar refractivity (Wildman–Crippen MR) is 144 cm³/mol. The molecule has 1 aliphatic rings. The first kappa shape index (κ1) is 26.4. The quantitative estimate of drug-likeness (QED) is 0.388. The zero-order chi connectivity index (χ0) is 26.5. The summed E-state index contributed by atoms with van der Waals surface area (Å²) in [5.74, 6) is -1.30. The summed E-state index contributed by atoms with van der Waals surface area (Å²) >= 11 is 6.89. The number of ether oxygens (including phenoxy) is 1. The van der Waals surface area contributed by atoms with Crippen LogP contribution in [0, 0.1) is 0 Å². The number of carbonyl (C=O) groups is 3. The van der Waals surface area contributed by atoms with Gasteiger partial charge in [0, 0.05) is 22.8 Å². The molecule has 194 valence electrons. The van der Waals surface area contributed by atoms with Crippen molar-refractivity contribution in [2.75, 3.05) is 17.7 Å². The minimum Gasteiger partial charge on any atom is -0.497 e. The number of nitrogen functional groups attached to an aromatic ring is 1. The summed E-state index contributed by atoms with van der Waals surface area (Å²) < 4.78 is 9.36. The average molecular weight is 542 g/mol. The lowest BCUT2D eigenvalue weighted by Gasteiger charge is -2.33. The van der Waals surface area contributed by atoms with E-state index in [-0.39, 0.29) is 28.2 Å². The van der Waals surface area contributed by atoms with Gasteiger partial charge in [-0.25, -0.2) is 0 Å². The minimum absolute atomic E-state index is 0.000972. The molecular weight excluding hydrogens is 514 g/mol. The van der Waals surface area contributed by atoms with E-state index in [1.807, 2.05) is 0 Å². The molecule has 0 bridgehead atoms. The molecule has 1 saturated carbocycles. The van der Waals surface area contributed by atoms with Crippen molar-refractivity contribution in [1.82, 2.24) is 9.69 Å². The normalized spacial score (nSPS) is 14.5. The zero-order valence-electron chi connectivity index (χ0n) is 20.3. The number of nitrogens with zero attached hydrogens (tertiary/aromatic N) is 2. The fourth-order valence-corrected chi connectivity index (χ4v) is 5.34. The number of halogens is 1. The van der Waals surface area contributed by atoms with Crippen molar-refractivity contribution >= 4 is 52.2 Å². The third kappa shape index (κ3) is 5.86. The molecule has 4 rings (SSSR count). The molecule has 1 atom stereocenters. The number of anilines is 2. The van der Waals surface area contributed by atoms with Crippen LogP contribution in [-0.4, -0.2) is 35.2 Å². The Morgan fingerprint density at radius 3 is 2.46 bits per heavy atom. The van der Waals surface area contributed by atoms with Crippen LogP contribution in [0.3, 0.4) is 0 Å². The molecule has 0 unspecified atom stereocenters. The first-order valence-corrected chi connectivity index (χ1v) is 13.0. The fraction of sp³-hybridized carbons (Fsp3) is 0.308. The van der Waals surface area contributed by atoms with Crippen LogP contribution in [0.4, 0.5) is 11.4 Å². The second-order valence-corrected chi connectivity index (χ2v) is 10.0. The third-order valence-corrected chi connectivity index (χ3v) is 7.45. The van der Waals surface area contributed by atoms with Crippen molar-refractivity contribution in [3.8, 4) is 5.75 Å². The van der Waals surface area contributed by atoms with Crippen molar-refractivity contribution in [3.63, 3.8) is 0 Å².